The predicted octanol–water partition coefficient (Wildman–Crippen LogP) is 1.59. The molecule has 0 radical (unpaired) electrons. The molecule has 1 heterocycles. The number of methoxy groups -OCH3 is 1. The van der Waals surface area contributed by atoms with Crippen molar-refractivity contribution in [2.45, 2.75) is 26.3 Å². The van der Waals surface area contributed by atoms with Crippen LogP contribution in [0.5, 0.6) is 5.88 Å². The third-order valence-corrected chi connectivity index (χ3v) is 2.43. The minimum atomic E-state index is -2.75. The smallest absolute Gasteiger partial charge is 0.310 e. The summed E-state index contributed by atoms with van der Waals surface area (Å²) in [6.07, 6.45) is -2.84. The monoisotopic (exact) mass is 274 g/mol. The quantitative estimate of drug-likeness (QED) is 0.797. The molecular formula is C12H16F2N2O3. The summed E-state index contributed by atoms with van der Waals surface area (Å²) in [6, 6.07) is 1.41. The molecule has 0 atom stereocenters. The molecule has 106 valence electrons. The molecule has 0 spiro atoms. The molecule has 0 aliphatic carbocycles. The summed E-state index contributed by atoms with van der Waals surface area (Å²) in [6.45, 7) is 1.83. The second kappa shape index (κ2) is 6.98. The molecule has 7 heteroatoms. The Kier molecular flexibility index (Phi) is 5.62. The Balaban J connectivity index is 3.13. The van der Waals surface area contributed by atoms with Crippen LogP contribution in [0.25, 0.3) is 0 Å². The molecule has 5 nitrogen and oxygen atoms in total. The van der Waals surface area contributed by atoms with Gasteiger partial charge in [-0.15, -0.1) is 0 Å². The van der Waals surface area contributed by atoms with Crippen molar-refractivity contribution in [3.8, 4) is 5.88 Å². The first-order valence-corrected chi connectivity index (χ1v) is 5.73. The Morgan fingerprint density at radius 1 is 1.47 bits per heavy atom. The minimum Gasteiger partial charge on any atom is -0.481 e. The van der Waals surface area contributed by atoms with Crippen molar-refractivity contribution < 1.29 is 23.0 Å². The number of halogens is 2. The van der Waals surface area contributed by atoms with Crippen LogP contribution in [0.4, 0.5) is 8.78 Å². The van der Waals surface area contributed by atoms with E-state index in [0.29, 0.717) is 5.56 Å². The zero-order chi connectivity index (χ0) is 14.4. The molecule has 0 saturated carbocycles. The van der Waals surface area contributed by atoms with E-state index in [1.165, 1.54) is 13.2 Å². The number of hydrogen-bond acceptors (Lipinski definition) is 5. The normalized spacial score (nSPS) is 10.6. The van der Waals surface area contributed by atoms with Crippen molar-refractivity contribution in [1.82, 2.24) is 4.98 Å². The fourth-order valence-corrected chi connectivity index (χ4v) is 1.62. The first-order valence-electron chi connectivity index (χ1n) is 5.73. The number of hydrogen-bond donors (Lipinski definition) is 1. The molecular weight excluding hydrogens is 258 g/mol. The number of nitrogens with zero attached hydrogens (tertiary/aromatic N) is 1. The van der Waals surface area contributed by atoms with Gasteiger partial charge in [0, 0.05) is 12.1 Å². The van der Waals surface area contributed by atoms with Gasteiger partial charge in [0.05, 0.1) is 20.1 Å². The topological polar surface area (TPSA) is 74.4 Å². The van der Waals surface area contributed by atoms with Crippen molar-refractivity contribution in [2.75, 3.05) is 13.7 Å². The summed E-state index contributed by atoms with van der Waals surface area (Å²) >= 11 is 0. The highest BCUT2D eigenvalue weighted by Crippen LogP contribution is 2.27. The molecule has 1 rings (SSSR count). The van der Waals surface area contributed by atoms with Gasteiger partial charge in [0.25, 0.3) is 6.43 Å². The third kappa shape index (κ3) is 3.85. The van der Waals surface area contributed by atoms with Gasteiger partial charge in [-0.05, 0) is 18.6 Å². The van der Waals surface area contributed by atoms with E-state index in [4.69, 9.17) is 15.2 Å². The van der Waals surface area contributed by atoms with Gasteiger partial charge in [-0.25, -0.2) is 13.8 Å². The fourth-order valence-electron chi connectivity index (χ4n) is 1.62. The molecule has 0 amide bonds. The standard InChI is InChI=1S/C12H16F2N2O3/c1-3-19-9(17)5-7-4-8(6-15)10(11(13)14)16-12(7)18-2/h4,11H,3,5-6,15H2,1-2H3. The van der Waals surface area contributed by atoms with Gasteiger partial charge >= 0.3 is 5.97 Å². The summed E-state index contributed by atoms with van der Waals surface area (Å²) in [5.41, 5.74) is 5.55. The molecule has 0 fully saturated rings. The van der Waals surface area contributed by atoms with Gasteiger partial charge in [-0.3, -0.25) is 4.79 Å². The van der Waals surface area contributed by atoms with Crippen molar-refractivity contribution in [2.24, 2.45) is 5.73 Å². The predicted molar refractivity (Wildman–Crippen MR) is 64.0 cm³/mol. The van der Waals surface area contributed by atoms with Crippen LogP contribution in [0.15, 0.2) is 6.07 Å². The van der Waals surface area contributed by atoms with Crippen LogP contribution >= 0.6 is 0 Å². The molecule has 1 aromatic rings. The van der Waals surface area contributed by atoms with E-state index >= 15 is 0 Å². The molecule has 1 aromatic heterocycles. The Labute approximate surface area is 109 Å². The van der Waals surface area contributed by atoms with Crippen LogP contribution < -0.4 is 10.5 Å². The number of nitrogens with two attached hydrogens (primary N) is 1. The first kappa shape index (κ1) is 15.3. The number of alkyl halides is 2. The van der Waals surface area contributed by atoms with Gasteiger partial charge in [0.2, 0.25) is 5.88 Å². The first-order chi connectivity index (χ1) is 9.03. The molecule has 0 bridgehead atoms. The van der Waals surface area contributed by atoms with Crippen molar-refractivity contribution in [3.05, 3.63) is 22.9 Å². The number of esters is 1. The summed E-state index contributed by atoms with van der Waals surface area (Å²) in [5.74, 6) is -0.490. The Morgan fingerprint density at radius 3 is 2.63 bits per heavy atom. The molecule has 0 aliphatic rings. The molecule has 0 saturated heterocycles. The molecule has 2 N–H and O–H groups in total. The molecule has 0 unspecified atom stereocenters. The van der Waals surface area contributed by atoms with E-state index < -0.39 is 18.1 Å². The second-order valence-electron chi connectivity index (χ2n) is 3.69. The number of pyridine rings is 1. The average Bonchev–Trinajstić information content (AvgIpc) is 2.38. The number of carbonyl (C=O) groups excluding carboxylic acids is 1. The lowest BCUT2D eigenvalue weighted by Gasteiger charge is -2.12. The Bertz CT molecular complexity index is 453. The molecule has 19 heavy (non-hydrogen) atoms. The van der Waals surface area contributed by atoms with Gasteiger partial charge in [-0.1, -0.05) is 0 Å². The number of rotatable bonds is 6. The lowest BCUT2D eigenvalue weighted by atomic mass is 10.1. The van der Waals surface area contributed by atoms with Gasteiger partial charge in [0.1, 0.15) is 5.69 Å². The minimum absolute atomic E-state index is 0.0134. The van der Waals surface area contributed by atoms with E-state index in [1.807, 2.05) is 0 Å². The second-order valence-corrected chi connectivity index (χ2v) is 3.69. The van der Waals surface area contributed by atoms with E-state index in [9.17, 15) is 13.6 Å². The van der Waals surface area contributed by atoms with Crippen LogP contribution in [-0.4, -0.2) is 24.7 Å². The maximum atomic E-state index is 12.8. The number of carbonyl (C=O) groups is 1. The molecule has 0 aromatic carbocycles. The van der Waals surface area contributed by atoms with E-state index in [2.05, 4.69) is 4.98 Å². The lowest BCUT2D eigenvalue weighted by molar-refractivity contribution is -0.142. The lowest BCUT2D eigenvalue weighted by Crippen LogP contribution is -2.12. The maximum absolute atomic E-state index is 12.8. The van der Waals surface area contributed by atoms with Gasteiger partial charge in [-0.2, -0.15) is 0 Å². The number of aromatic nitrogens is 1. The van der Waals surface area contributed by atoms with Crippen molar-refractivity contribution >= 4 is 5.97 Å². The van der Waals surface area contributed by atoms with E-state index in [1.54, 1.807) is 6.92 Å². The van der Waals surface area contributed by atoms with Crippen LogP contribution in [0.2, 0.25) is 0 Å². The van der Waals surface area contributed by atoms with Gasteiger partial charge < -0.3 is 15.2 Å². The van der Waals surface area contributed by atoms with Crippen molar-refractivity contribution in [3.63, 3.8) is 0 Å². The average molecular weight is 274 g/mol. The zero-order valence-corrected chi connectivity index (χ0v) is 10.8. The van der Waals surface area contributed by atoms with E-state index in [0.717, 1.165) is 0 Å². The van der Waals surface area contributed by atoms with E-state index in [-0.39, 0.29) is 31.0 Å². The summed E-state index contributed by atoms with van der Waals surface area (Å²) in [5, 5.41) is 0. The highest BCUT2D eigenvalue weighted by atomic mass is 19.3. The van der Waals surface area contributed by atoms with Crippen LogP contribution in [0.1, 0.15) is 30.2 Å². The maximum Gasteiger partial charge on any atom is 0.310 e. The summed E-state index contributed by atoms with van der Waals surface area (Å²) in [4.78, 5) is 15.1. The SMILES string of the molecule is CCOC(=O)Cc1cc(CN)c(C(F)F)nc1OC. The fraction of sp³-hybridized carbons (Fsp3) is 0.500. The Hall–Kier alpha value is -1.76. The summed E-state index contributed by atoms with van der Waals surface area (Å²) < 4.78 is 35.3. The zero-order valence-electron chi connectivity index (χ0n) is 10.8. The Morgan fingerprint density at radius 2 is 2.16 bits per heavy atom. The largest absolute Gasteiger partial charge is 0.481 e. The highest BCUT2D eigenvalue weighted by Gasteiger charge is 2.20. The van der Waals surface area contributed by atoms with Gasteiger partial charge in [0.15, 0.2) is 0 Å². The van der Waals surface area contributed by atoms with Crippen LogP contribution in [-0.2, 0) is 22.5 Å². The summed E-state index contributed by atoms with van der Waals surface area (Å²) in [7, 11) is 1.30. The number of ether oxygens (including phenoxy) is 2. The highest BCUT2D eigenvalue weighted by molar-refractivity contribution is 5.73. The van der Waals surface area contributed by atoms with Crippen LogP contribution in [0.3, 0.4) is 0 Å². The van der Waals surface area contributed by atoms with Crippen molar-refractivity contribution in [1.29, 1.82) is 0 Å². The third-order valence-electron chi connectivity index (χ3n) is 2.43. The molecule has 0 aliphatic heterocycles. The van der Waals surface area contributed by atoms with Crippen LogP contribution in [0, 0.1) is 0 Å².